The zero-order valence-corrected chi connectivity index (χ0v) is 11.7. The van der Waals surface area contributed by atoms with Crippen LogP contribution in [0.25, 0.3) is 0 Å². The van der Waals surface area contributed by atoms with Crippen molar-refractivity contribution in [3.63, 3.8) is 0 Å². The Labute approximate surface area is 113 Å². The molecule has 2 aromatic rings. The fourth-order valence-electron chi connectivity index (χ4n) is 1.54. The molecular weight excluding hydrogens is 296 g/mol. The third kappa shape index (κ3) is 2.95. The lowest BCUT2D eigenvalue weighted by molar-refractivity contribution is 0.0939. The maximum atomic E-state index is 12.0. The smallest absolute Gasteiger partial charge is 0.253 e. The van der Waals surface area contributed by atoms with Crippen LogP contribution in [0, 0.1) is 0 Å². The molecule has 0 aromatic carbocycles. The Bertz CT molecular complexity index is 549. The summed E-state index contributed by atoms with van der Waals surface area (Å²) >= 11 is 3.23. The van der Waals surface area contributed by atoms with Gasteiger partial charge in [-0.15, -0.1) is 0 Å². The molecule has 1 N–H and O–H groups in total. The highest BCUT2D eigenvalue weighted by molar-refractivity contribution is 9.10. The van der Waals surface area contributed by atoms with Crippen LogP contribution in [0.2, 0.25) is 0 Å². The molecule has 18 heavy (non-hydrogen) atoms. The van der Waals surface area contributed by atoms with Gasteiger partial charge in [0.2, 0.25) is 0 Å². The molecule has 2 heterocycles. The number of hydrogen-bond donors (Lipinski definition) is 1. The van der Waals surface area contributed by atoms with Crippen LogP contribution in [0.1, 0.15) is 28.9 Å². The number of pyridine rings is 1. The lowest BCUT2D eigenvalue weighted by Crippen LogP contribution is -2.26. The van der Waals surface area contributed by atoms with Gasteiger partial charge in [-0.3, -0.25) is 9.48 Å². The topological polar surface area (TPSA) is 59.8 Å². The van der Waals surface area contributed by atoms with Crippen molar-refractivity contribution < 1.29 is 4.79 Å². The maximum Gasteiger partial charge on any atom is 0.253 e. The number of aromatic nitrogens is 3. The molecule has 2 rings (SSSR count). The number of carbonyl (C=O) groups excluding carboxylic acids is 1. The van der Waals surface area contributed by atoms with Gasteiger partial charge in [-0.25, -0.2) is 4.98 Å². The third-order valence-electron chi connectivity index (χ3n) is 2.56. The number of rotatable bonds is 3. The van der Waals surface area contributed by atoms with Gasteiger partial charge in [-0.1, -0.05) is 0 Å². The van der Waals surface area contributed by atoms with E-state index in [9.17, 15) is 4.79 Å². The number of aryl methyl sites for hydroxylation is 1. The summed E-state index contributed by atoms with van der Waals surface area (Å²) in [5.74, 6) is -0.147. The van der Waals surface area contributed by atoms with Crippen molar-refractivity contribution in [3.8, 4) is 0 Å². The van der Waals surface area contributed by atoms with Crippen molar-refractivity contribution in [3.05, 3.63) is 46.5 Å². The Balaban J connectivity index is 2.05. The first-order valence-corrected chi connectivity index (χ1v) is 6.26. The highest BCUT2D eigenvalue weighted by atomic mass is 79.9. The zero-order valence-electron chi connectivity index (χ0n) is 10.1. The van der Waals surface area contributed by atoms with E-state index in [1.807, 2.05) is 20.2 Å². The summed E-state index contributed by atoms with van der Waals surface area (Å²) in [6, 6.07) is 3.38. The molecule has 0 spiro atoms. The second-order valence-electron chi connectivity index (χ2n) is 4.01. The van der Waals surface area contributed by atoms with E-state index in [-0.39, 0.29) is 11.9 Å². The minimum Gasteiger partial charge on any atom is -0.345 e. The van der Waals surface area contributed by atoms with Crippen molar-refractivity contribution in [1.82, 2.24) is 20.1 Å². The summed E-state index contributed by atoms with van der Waals surface area (Å²) in [5, 5.41) is 6.97. The normalized spacial score (nSPS) is 12.2. The molecule has 1 atom stereocenters. The minimum absolute atomic E-state index is 0.0881. The number of nitrogens with one attached hydrogen (secondary N) is 1. The molecule has 0 fully saturated rings. The summed E-state index contributed by atoms with van der Waals surface area (Å²) in [6.45, 7) is 1.92. The van der Waals surface area contributed by atoms with Crippen LogP contribution in [0.15, 0.2) is 35.3 Å². The van der Waals surface area contributed by atoms with Crippen molar-refractivity contribution in [2.75, 3.05) is 0 Å². The molecule has 0 aliphatic carbocycles. The van der Waals surface area contributed by atoms with Crippen molar-refractivity contribution in [2.24, 2.45) is 7.05 Å². The van der Waals surface area contributed by atoms with Crippen LogP contribution < -0.4 is 5.32 Å². The Morgan fingerprint density at radius 1 is 1.44 bits per heavy atom. The molecule has 0 aliphatic heterocycles. The summed E-state index contributed by atoms with van der Waals surface area (Å²) in [7, 11) is 1.84. The molecule has 1 amide bonds. The monoisotopic (exact) mass is 308 g/mol. The highest BCUT2D eigenvalue weighted by Gasteiger charge is 2.12. The number of nitrogens with zero attached hydrogens (tertiary/aromatic N) is 3. The third-order valence-corrected chi connectivity index (χ3v) is 3.03. The van der Waals surface area contributed by atoms with E-state index in [2.05, 4.69) is 31.3 Å². The predicted octanol–water partition coefficient (Wildman–Crippen LogP) is 2.07. The fraction of sp³-hybridized carbons (Fsp3) is 0.250. The van der Waals surface area contributed by atoms with Gasteiger partial charge in [0.15, 0.2) is 0 Å². The van der Waals surface area contributed by atoms with Crippen LogP contribution in [-0.4, -0.2) is 20.7 Å². The first-order chi connectivity index (χ1) is 8.56. The Kier molecular flexibility index (Phi) is 3.76. The van der Waals surface area contributed by atoms with Crippen molar-refractivity contribution in [2.45, 2.75) is 13.0 Å². The molecule has 0 bridgehead atoms. The lowest BCUT2D eigenvalue weighted by atomic mass is 10.2. The average Bonchev–Trinajstić information content (AvgIpc) is 2.76. The van der Waals surface area contributed by atoms with Crippen LogP contribution in [-0.2, 0) is 7.05 Å². The van der Waals surface area contributed by atoms with Gasteiger partial charge < -0.3 is 5.32 Å². The van der Waals surface area contributed by atoms with Gasteiger partial charge in [0.05, 0.1) is 17.8 Å². The molecule has 0 aliphatic rings. The van der Waals surface area contributed by atoms with Gasteiger partial charge in [0.1, 0.15) is 4.60 Å². The van der Waals surface area contributed by atoms with E-state index in [0.717, 1.165) is 5.56 Å². The van der Waals surface area contributed by atoms with E-state index in [0.29, 0.717) is 10.2 Å². The maximum absolute atomic E-state index is 12.0. The minimum atomic E-state index is -0.147. The van der Waals surface area contributed by atoms with Gasteiger partial charge in [0, 0.05) is 25.0 Å². The Morgan fingerprint density at radius 3 is 2.78 bits per heavy atom. The van der Waals surface area contributed by atoms with Crippen LogP contribution in [0.4, 0.5) is 0 Å². The molecule has 2 aromatic heterocycles. The largest absolute Gasteiger partial charge is 0.345 e. The zero-order chi connectivity index (χ0) is 13.1. The number of halogens is 1. The second kappa shape index (κ2) is 5.30. The van der Waals surface area contributed by atoms with E-state index in [4.69, 9.17) is 0 Å². The number of carbonyl (C=O) groups is 1. The van der Waals surface area contributed by atoms with Crippen molar-refractivity contribution in [1.29, 1.82) is 0 Å². The van der Waals surface area contributed by atoms with Crippen LogP contribution in [0.3, 0.4) is 0 Å². The molecule has 0 saturated carbocycles. The lowest BCUT2D eigenvalue weighted by Gasteiger charge is -2.11. The first-order valence-electron chi connectivity index (χ1n) is 5.47. The first kappa shape index (κ1) is 12.8. The number of hydrogen-bond acceptors (Lipinski definition) is 3. The van der Waals surface area contributed by atoms with Gasteiger partial charge in [-0.05, 0) is 35.0 Å². The molecule has 94 valence electrons. The van der Waals surface area contributed by atoms with E-state index in [1.54, 1.807) is 23.0 Å². The summed E-state index contributed by atoms with van der Waals surface area (Å²) in [5.41, 5.74) is 1.50. The predicted molar refractivity (Wildman–Crippen MR) is 71.0 cm³/mol. The Hall–Kier alpha value is -1.69. The quantitative estimate of drug-likeness (QED) is 0.883. The SMILES string of the molecule is CC(NC(=O)c1ccc(Br)nc1)c1cnn(C)c1. The Morgan fingerprint density at radius 2 is 2.22 bits per heavy atom. The van der Waals surface area contributed by atoms with E-state index < -0.39 is 0 Å². The fourth-order valence-corrected chi connectivity index (χ4v) is 1.77. The van der Waals surface area contributed by atoms with Gasteiger partial charge in [-0.2, -0.15) is 5.10 Å². The van der Waals surface area contributed by atoms with Crippen LogP contribution in [0.5, 0.6) is 0 Å². The molecule has 6 heteroatoms. The average molecular weight is 309 g/mol. The van der Waals surface area contributed by atoms with Crippen LogP contribution >= 0.6 is 15.9 Å². The standard InChI is InChI=1S/C12H13BrN4O/c1-8(10-6-15-17(2)7-10)16-12(18)9-3-4-11(13)14-5-9/h3-8H,1-2H3,(H,16,18). The molecule has 0 saturated heterocycles. The summed E-state index contributed by atoms with van der Waals surface area (Å²) < 4.78 is 2.42. The summed E-state index contributed by atoms with van der Waals surface area (Å²) in [6.07, 6.45) is 5.16. The van der Waals surface area contributed by atoms with E-state index >= 15 is 0 Å². The molecule has 0 radical (unpaired) electrons. The second-order valence-corrected chi connectivity index (χ2v) is 4.82. The van der Waals surface area contributed by atoms with E-state index in [1.165, 1.54) is 6.20 Å². The molecular formula is C12H13BrN4O. The number of amides is 1. The molecule has 5 nitrogen and oxygen atoms in total. The van der Waals surface area contributed by atoms with Crippen molar-refractivity contribution >= 4 is 21.8 Å². The van der Waals surface area contributed by atoms with Gasteiger partial charge >= 0.3 is 0 Å². The molecule has 1 unspecified atom stereocenters. The van der Waals surface area contributed by atoms with Gasteiger partial charge in [0.25, 0.3) is 5.91 Å². The highest BCUT2D eigenvalue weighted by Crippen LogP contribution is 2.12. The summed E-state index contributed by atoms with van der Waals surface area (Å²) in [4.78, 5) is 16.0.